The number of carbonyl (C=O) groups is 2. The second-order valence-electron chi connectivity index (χ2n) is 10.1. The van der Waals surface area contributed by atoms with Crippen LogP contribution in [0.2, 0.25) is 0 Å². The highest BCUT2D eigenvalue weighted by atomic mass is 16.5. The number of carbonyl (C=O) groups excluding carboxylic acids is 1. The summed E-state index contributed by atoms with van der Waals surface area (Å²) >= 11 is 0. The van der Waals surface area contributed by atoms with Crippen molar-refractivity contribution in [2.24, 2.45) is 0 Å². The molecule has 0 saturated carbocycles. The summed E-state index contributed by atoms with van der Waals surface area (Å²) in [6, 6.07) is 24.3. The van der Waals surface area contributed by atoms with Crippen molar-refractivity contribution in [3.63, 3.8) is 0 Å². The van der Waals surface area contributed by atoms with E-state index in [9.17, 15) is 9.59 Å². The fourth-order valence-corrected chi connectivity index (χ4v) is 3.97. The molecule has 3 aromatic rings. The number of amides is 1. The molecule has 190 valence electrons. The Morgan fingerprint density at radius 2 is 1.47 bits per heavy atom. The first-order valence-corrected chi connectivity index (χ1v) is 12.6. The first kappa shape index (κ1) is 27.0. The fourth-order valence-electron chi connectivity index (χ4n) is 3.97. The molecule has 0 radical (unpaired) electrons. The van der Waals surface area contributed by atoms with Gasteiger partial charge in [0.1, 0.15) is 11.9 Å². The van der Waals surface area contributed by atoms with Crippen molar-refractivity contribution in [1.82, 2.24) is 5.32 Å². The summed E-state index contributed by atoms with van der Waals surface area (Å²) in [7, 11) is 0. The van der Waals surface area contributed by atoms with Crippen molar-refractivity contribution in [3.8, 4) is 16.9 Å². The van der Waals surface area contributed by atoms with E-state index < -0.39 is 5.97 Å². The van der Waals surface area contributed by atoms with Crippen LogP contribution in [-0.2, 0) is 10.2 Å². The fraction of sp³-hybridized carbons (Fsp3) is 0.355. The molecule has 1 atom stereocenters. The molecule has 3 rings (SSSR count). The maximum Gasteiger partial charge on any atom is 0.305 e. The molecule has 2 N–H and O–H groups in total. The van der Waals surface area contributed by atoms with Crippen LogP contribution < -0.4 is 10.1 Å². The third-order valence-electron chi connectivity index (χ3n) is 6.21. The van der Waals surface area contributed by atoms with Gasteiger partial charge in [-0.1, -0.05) is 82.6 Å². The Morgan fingerprint density at radius 3 is 2.00 bits per heavy atom. The minimum absolute atomic E-state index is 0.0994. The quantitative estimate of drug-likeness (QED) is 0.301. The van der Waals surface area contributed by atoms with E-state index in [-0.39, 0.29) is 30.4 Å². The number of hydrogen-bond donors (Lipinski definition) is 2. The Bertz CT molecular complexity index is 1130. The molecule has 3 aromatic carbocycles. The minimum Gasteiger partial charge on any atom is -0.486 e. The molecule has 36 heavy (non-hydrogen) atoms. The number of nitrogens with one attached hydrogen (secondary N) is 1. The summed E-state index contributed by atoms with van der Waals surface area (Å²) in [5.41, 5.74) is 5.27. The summed E-state index contributed by atoms with van der Waals surface area (Å²) in [5.74, 6) is -0.408. The SMILES string of the molecule is CCCCC(Oc1ccc(-c2ccc(C(C)(C)C)cc2)cc1)c1ccc(C(=O)NCCC(=O)O)cc1. The van der Waals surface area contributed by atoms with Crippen molar-refractivity contribution in [2.45, 2.75) is 64.9 Å². The van der Waals surface area contributed by atoms with Gasteiger partial charge in [0.25, 0.3) is 5.91 Å². The Kier molecular flexibility index (Phi) is 9.29. The van der Waals surface area contributed by atoms with Gasteiger partial charge in [0, 0.05) is 12.1 Å². The van der Waals surface area contributed by atoms with Crippen LogP contribution in [0.4, 0.5) is 0 Å². The Labute approximate surface area is 214 Å². The molecule has 1 unspecified atom stereocenters. The lowest BCUT2D eigenvalue weighted by molar-refractivity contribution is -0.136. The van der Waals surface area contributed by atoms with Crippen LogP contribution in [0.15, 0.2) is 72.8 Å². The van der Waals surface area contributed by atoms with Crippen LogP contribution in [0.25, 0.3) is 11.1 Å². The van der Waals surface area contributed by atoms with Crippen LogP contribution in [0.5, 0.6) is 5.75 Å². The van der Waals surface area contributed by atoms with Crippen molar-refractivity contribution < 1.29 is 19.4 Å². The molecule has 0 aliphatic rings. The number of benzene rings is 3. The molecular weight excluding hydrogens is 450 g/mol. The van der Waals surface area contributed by atoms with Crippen LogP contribution >= 0.6 is 0 Å². The predicted molar refractivity (Wildman–Crippen MR) is 144 cm³/mol. The largest absolute Gasteiger partial charge is 0.486 e. The summed E-state index contributed by atoms with van der Waals surface area (Å²) in [4.78, 5) is 22.9. The van der Waals surface area contributed by atoms with Crippen molar-refractivity contribution in [2.75, 3.05) is 6.54 Å². The lowest BCUT2D eigenvalue weighted by Crippen LogP contribution is -2.26. The van der Waals surface area contributed by atoms with Crippen molar-refractivity contribution in [3.05, 3.63) is 89.5 Å². The van der Waals surface area contributed by atoms with Gasteiger partial charge in [0.15, 0.2) is 0 Å². The van der Waals surface area contributed by atoms with Crippen LogP contribution in [0.3, 0.4) is 0 Å². The van der Waals surface area contributed by atoms with E-state index in [0.29, 0.717) is 5.56 Å². The zero-order chi connectivity index (χ0) is 26.1. The summed E-state index contributed by atoms with van der Waals surface area (Å²) in [6.45, 7) is 8.91. The highest BCUT2D eigenvalue weighted by Gasteiger charge is 2.16. The van der Waals surface area contributed by atoms with Gasteiger partial charge in [-0.15, -0.1) is 0 Å². The molecule has 5 nitrogen and oxygen atoms in total. The minimum atomic E-state index is -0.937. The number of carboxylic acids is 1. The molecule has 0 spiro atoms. The third-order valence-corrected chi connectivity index (χ3v) is 6.21. The normalized spacial score (nSPS) is 12.1. The Balaban J connectivity index is 1.69. The number of hydrogen-bond acceptors (Lipinski definition) is 3. The molecule has 0 fully saturated rings. The van der Waals surface area contributed by atoms with E-state index in [1.165, 1.54) is 11.1 Å². The maximum absolute atomic E-state index is 12.3. The van der Waals surface area contributed by atoms with Crippen LogP contribution in [0.1, 0.15) is 81.0 Å². The van der Waals surface area contributed by atoms with Gasteiger partial charge in [-0.3, -0.25) is 9.59 Å². The number of rotatable bonds is 11. The van der Waals surface area contributed by atoms with Crippen molar-refractivity contribution >= 4 is 11.9 Å². The van der Waals surface area contributed by atoms with Gasteiger partial charge in [0.2, 0.25) is 0 Å². The topological polar surface area (TPSA) is 75.6 Å². The lowest BCUT2D eigenvalue weighted by Gasteiger charge is -2.20. The van der Waals surface area contributed by atoms with E-state index in [2.05, 4.69) is 69.4 Å². The molecule has 0 aliphatic heterocycles. The van der Waals surface area contributed by atoms with E-state index in [1.54, 1.807) is 12.1 Å². The van der Waals surface area contributed by atoms with Crippen LogP contribution in [-0.4, -0.2) is 23.5 Å². The average molecular weight is 488 g/mol. The monoisotopic (exact) mass is 487 g/mol. The summed E-state index contributed by atoms with van der Waals surface area (Å²) in [5, 5.41) is 11.4. The average Bonchev–Trinajstić information content (AvgIpc) is 2.86. The summed E-state index contributed by atoms with van der Waals surface area (Å²) in [6.07, 6.45) is 2.74. The maximum atomic E-state index is 12.3. The number of carboxylic acid groups (broad SMARTS) is 1. The first-order chi connectivity index (χ1) is 17.2. The van der Waals surface area contributed by atoms with Crippen molar-refractivity contribution in [1.29, 1.82) is 0 Å². The van der Waals surface area contributed by atoms with E-state index in [1.807, 2.05) is 24.3 Å². The van der Waals surface area contributed by atoms with Gasteiger partial charge in [-0.2, -0.15) is 0 Å². The number of ether oxygens (including phenoxy) is 1. The second kappa shape index (κ2) is 12.4. The first-order valence-electron chi connectivity index (χ1n) is 12.6. The molecule has 0 aliphatic carbocycles. The molecule has 0 aromatic heterocycles. The molecule has 5 heteroatoms. The van der Waals surface area contributed by atoms with Gasteiger partial charge < -0.3 is 15.2 Å². The van der Waals surface area contributed by atoms with E-state index in [4.69, 9.17) is 9.84 Å². The molecule has 0 bridgehead atoms. The second-order valence-corrected chi connectivity index (χ2v) is 10.1. The van der Waals surface area contributed by atoms with Crippen LogP contribution in [0, 0.1) is 0 Å². The van der Waals surface area contributed by atoms with Gasteiger partial charge in [-0.05, 0) is 64.8 Å². The third kappa shape index (κ3) is 7.70. The number of unbranched alkanes of at least 4 members (excludes halogenated alkanes) is 1. The van der Waals surface area contributed by atoms with Gasteiger partial charge in [-0.25, -0.2) is 0 Å². The molecule has 0 saturated heterocycles. The number of aliphatic carboxylic acids is 1. The van der Waals surface area contributed by atoms with Gasteiger partial charge >= 0.3 is 5.97 Å². The molecule has 0 heterocycles. The summed E-state index contributed by atoms with van der Waals surface area (Å²) < 4.78 is 6.38. The zero-order valence-electron chi connectivity index (χ0n) is 21.7. The van der Waals surface area contributed by atoms with E-state index >= 15 is 0 Å². The lowest BCUT2D eigenvalue weighted by atomic mass is 9.86. The molecule has 1 amide bonds. The highest BCUT2D eigenvalue weighted by Crippen LogP contribution is 2.30. The predicted octanol–water partition coefficient (Wildman–Crippen LogP) is 7.17. The highest BCUT2D eigenvalue weighted by molar-refractivity contribution is 5.94. The van der Waals surface area contributed by atoms with Gasteiger partial charge in [0.05, 0.1) is 6.42 Å². The smallest absolute Gasteiger partial charge is 0.305 e. The van der Waals surface area contributed by atoms with E-state index in [0.717, 1.165) is 36.1 Å². The Hall–Kier alpha value is -3.60. The molecular formula is C31H37NO4. The zero-order valence-corrected chi connectivity index (χ0v) is 21.7. The Morgan fingerprint density at radius 1 is 0.889 bits per heavy atom. The standard InChI is InChI=1S/C31H37NO4/c1-5-6-7-28(24-8-10-25(11-9-24)30(35)32-21-20-29(33)34)36-27-18-14-23(15-19-27)22-12-16-26(17-13-22)31(2,3)4/h8-19,28H,5-7,20-21H2,1-4H3,(H,32,35)(H,33,34).